The van der Waals surface area contributed by atoms with Crippen molar-refractivity contribution in [3.8, 4) is 0 Å². The summed E-state index contributed by atoms with van der Waals surface area (Å²) in [4.78, 5) is 26.3. The number of aryl methyl sites for hydroxylation is 1. The number of hydrogen-bond donors (Lipinski definition) is 1. The van der Waals surface area contributed by atoms with Gasteiger partial charge in [-0.2, -0.15) is 0 Å². The van der Waals surface area contributed by atoms with Gasteiger partial charge in [-0.25, -0.2) is 4.79 Å². The monoisotopic (exact) mass is 364 g/mol. The Bertz CT molecular complexity index is 839. The maximum Gasteiger partial charge on any atom is 0.411 e. The van der Waals surface area contributed by atoms with E-state index >= 15 is 0 Å². The van der Waals surface area contributed by atoms with Gasteiger partial charge in [0.25, 0.3) is 0 Å². The van der Waals surface area contributed by atoms with Gasteiger partial charge in [0.15, 0.2) is 0 Å². The lowest BCUT2D eigenvalue weighted by molar-refractivity contribution is -0.132. The molecule has 1 saturated carbocycles. The second kappa shape index (κ2) is 7.06. The van der Waals surface area contributed by atoms with E-state index in [1.165, 1.54) is 5.56 Å². The molecule has 0 atom stereocenters. The van der Waals surface area contributed by atoms with Crippen LogP contribution in [0.5, 0.6) is 0 Å². The molecule has 2 amide bonds. The van der Waals surface area contributed by atoms with Crippen LogP contribution in [0, 0.1) is 12.3 Å². The summed E-state index contributed by atoms with van der Waals surface area (Å²) in [7, 11) is 0. The molecule has 1 heterocycles. The molecule has 2 fully saturated rings. The largest absolute Gasteiger partial charge is 0.444 e. The summed E-state index contributed by atoms with van der Waals surface area (Å²) in [6.07, 6.45) is 2.62. The quantitative estimate of drug-likeness (QED) is 0.862. The number of nitrogens with one attached hydrogen (secondary N) is 1. The van der Waals surface area contributed by atoms with E-state index in [2.05, 4.69) is 5.32 Å². The molecule has 0 unspecified atom stereocenters. The van der Waals surface area contributed by atoms with Crippen LogP contribution in [0.1, 0.15) is 36.0 Å². The second-order valence-electron chi connectivity index (χ2n) is 7.64. The summed E-state index contributed by atoms with van der Waals surface area (Å²) in [6.45, 7) is 3.75. The minimum atomic E-state index is -0.478. The van der Waals surface area contributed by atoms with Gasteiger partial charge in [-0.1, -0.05) is 42.0 Å². The van der Waals surface area contributed by atoms with E-state index in [0.29, 0.717) is 18.1 Å². The summed E-state index contributed by atoms with van der Waals surface area (Å²) < 4.78 is 5.25. The van der Waals surface area contributed by atoms with Crippen LogP contribution in [0.3, 0.4) is 0 Å². The third-order valence-corrected chi connectivity index (χ3v) is 5.52. The molecule has 0 bridgehead atoms. The Morgan fingerprint density at radius 3 is 2.33 bits per heavy atom. The minimum Gasteiger partial charge on any atom is -0.444 e. The van der Waals surface area contributed by atoms with Crippen LogP contribution in [-0.2, 0) is 22.7 Å². The number of carbonyl (C=O) groups excluding carboxylic acids is 2. The van der Waals surface area contributed by atoms with Crippen molar-refractivity contribution in [2.45, 2.75) is 39.3 Å². The average Bonchev–Trinajstić information content (AvgIpc) is 3.40. The molecule has 2 aromatic rings. The number of benzene rings is 2. The van der Waals surface area contributed by atoms with Gasteiger partial charge in [0.2, 0.25) is 5.91 Å². The lowest BCUT2D eigenvalue weighted by atomic mass is 10.1. The lowest BCUT2D eigenvalue weighted by Crippen LogP contribution is -2.27. The Kier molecular flexibility index (Phi) is 4.60. The van der Waals surface area contributed by atoms with E-state index in [9.17, 15) is 9.59 Å². The topological polar surface area (TPSA) is 58.6 Å². The summed E-state index contributed by atoms with van der Waals surface area (Å²) in [6, 6.07) is 15.5. The zero-order valence-electron chi connectivity index (χ0n) is 15.5. The lowest BCUT2D eigenvalue weighted by Gasteiger charge is -2.17. The molecule has 1 aliphatic carbocycles. The highest BCUT2D eigenvalue weighted by molar-refractivity contribution is 5.87. The summed E-state index contributed by atoms with van der Waals surface area (Å²) in [5.74, 6) is 0.310. The summed E-state index contributed by atoms with van der Waals surface area (Å²) in [5, 5.41) is 2.73. The Morgan fingerprint density at radius 2 is 1.70 bits per heavy atom. The van der Waals surface area contributed by atoms with Gasteiger partial charge >= 0.3 is 6.09 Å². The number of nitrogens with zero attached hydrogens (tertiary/aromatic N) is 1. The van der Waals surface area contributed by atoms with E-state index in [0.717, 1.165) is 36.9 Å². The van der Waals surface area contributed by atoms with Crippen molar-refractivity contribution in [3.63, 3.8) is 0 Å². The van der Waals surface area contributed by atoms with E-state index in [1.807, 2.05) is 60.4 Å². The molecule has 0 aromatic heterocycles. The standard InChI is InChI=1S/C22H24N2O3/c1-16-2-4-18(5-3-16)15-27-21(26)23-19-8-6-17(7-9-19)14-24-13-12-22(10-11-22)20(24)25/h2-9H,10-15H2,1H3,(H,23,26). The molecule has 4 rings (SSSR count). The zero-order chi connectivity index (χ0) is 18.9. The molecule has 2 aromatic carbocycles. The van der Waals surface area contributed by atoms with Crippen molar-refractivity contribution >= 4 is 17.7 Å². The van der Waals surface area contributed by atoms with Gasteiger partial charge in [-0.3, -0.25) is 10.1 Å². The van der Waals surface area contributed by atoms with Crippen LogP contribution >= 0.6 is 0 Å². The molecule has 5 heteroatoms. The van der Waals surface area contributed by atoms with Crippen molar-refractivity contribution in [3.05, 3.63) is 65.2 Å². The zero-order valence-corrected chi connectivity index (χ0v) is 15.5. The van der Waals surface area contributed by atoms with Crippen LogP contribution in [0.2, 0.25) is 0 Å². The highest BCUT2D eigenvalue weighted by Gasteiger charge is 2.55. The smallest absolute Gasteiger partial charge is 0.411 e. The summed E-state index contributed by atoms with van der Waals surface area (Å²) >= 11 is 0. The molecule has 5 nitrogen and oxygen atoms in total. The van der Waals surface area contributed by atoms with Gasteiger partial charge in [0.05, 0.1) is 5.41 Å². The molecule has 1 saturated heterocycles. The van der Waals surface area contributed by atoms with Crippen molar-refractivity contribution in [2.75, 3.05) is 11.9 Å². The Labute approximate surface area is 159 Å². The van der Waals surface area contributed by atoms with Crippen LogP contribution in [0.25, 0.3) is 0 Å². The van der Waals surface area contributed by atoms with Crippen LogP contribution in [-0.4, -0.2) is 23.4 Å². The predicted molar refractivity (Wildman–Crippen MR) is 103 cm³/mol. The first-order valence-electron chi connectivity index (χ1n) is 9.42. The normalized spacial score (nSPS) is 17.2. The molecular formula is C22H24N2O3. The third-order valence-electron chi connectivity index (χ3n) is 5.52. The average molecular weight is 364 g/mol. The van der Waals surface area contributed by atoms with Crippen molar-refractivity contribution in [1.29, 1.82) is 0 Å². The SMILES string of the molecule is Cc1ccc(COC(=O)Nc2ccc(CN3CCC4(CC4)C3=O)cc2)cc1. The molecule has 140 valence electrons. The second-order valence-corrected chi connectivity index (χ2v) is 7.64. The fraction of sp³-hybridized carbons (Fsp3) is 0.364. The fourth-order valence-corrected chi connectivity index (χ4v) is 3.56. The first kappa shape index (κ1) is 17.6. The highest BCUT2D eigenvalue weighted by Crippen LogP contribution is 2.53. The Morgan fingerprint density at radius 1 is 1.04 bits per heavy atom. The number of anilines is 1. The molecule has 0 radical (unpaired) electrons. The van der Waals surface area contributed by atoms with E-state index in [-0.39, 0.29) is 12.0 Å². The Hall–Kier alpha value is -2.82. The molecule has 27 heavy (non-hydrogen) atoms. The molecular weight excluding hydrogens is 340 g/mol. The number of ether oxygens (including phenoxy) is 1. The van der Waals surface area contributed by atoms with Gasteiger partial charge in [-0.15, -0.1) is 0 Å². The van der Waals surface area contributed by atoms with Crippen LogP contribution in [0.4, 0.5) is 10.5 Å². The maximum atomic E-state index is 12.4. The van der Waals surface area contributed by atoms with Crippen molar-refractivity contribution in [2.24, 2.45) is 5.41 Å². The number of likely N-dealkylation sites (tertiary alicyclic amines) is 1. The minimum absolute atomic E-state index is 0.0112. The summed E-state index contributed by atoms with van der Waals surface area (Å²) in [5.41, 5.74) is 3.86. The van der Waals surface area contributed by atoms with Crippen LogP contribution < -0.4 is 5.32 Å². The Balaban J connectivity index is 1.26. The van der Waals surface area contributed by atoms with Crippen molar-refractivity contribution < 1.29 is 14.3 Å². The van der Waals surface area contributed by atoms with Gasteiger partial charge in [0.1, 0.15) is 6.61 Å². The van der Waals surface area contributed by atoms with E-state index in [4.69, 9.17) is 4.74 Å². The van der Waals surface area contributed by atoms with Gasteiger partial charge < -0.3 is 9.64 Å². The number of amides is 2. The van der Waals surface area contributed by atoms with Gasteiger partial charge in [-0.05, 0) is 49.4 Å². The van der Waals surface area contributed by atoms with Crippen molar-refractivity contribution in [1.82, 2.24) is 4.90 Å². The number of hydrogen-bond acceptors (Lipinski definition) is 3. The van der Waals surface area contributed by atoms with Crippen LogP contribution in [0.15, 0.2) is 48.5 Å². The predicted octanol–water partition coefficient (Wildman–Crippen LogP) is 4.26. The van der Waals surface area contributed by atoms with Gasteiger partial charge in [0, 0.05) is 18.8 Å². The highest BCUT2D eigenvalue weighted by atomic mass is 16.5. The van der Waals surface area contributed by atoms with E-state index in [1.54, 1.807) is 0 Å². The maximum absolute atomic E-state index is 12.4. The molecule has 2 aliphatic rings. The fourth-order valence-electron chi connectivity index (χ4n) is 3.56. The first-order valence-corrected chi connectivity index (χ1v) is 9.42. The third kappa shape index (κ3) is 3.97. The first-order chi connectivity index (χ1) is 13.0. The number of carbonyl (C=O) groups is 2. The molecule has 1 aliphatic heterocycles. The molecule has 1 N–H and O–H groups in total. The van der Waals surface area contributed by atoms with E-state index < -0.39 is 6.09 Å². The molecule has 1 spiro atoms. The number of rotatable bonds is 5.